The fourth-order valence-electron chi connectivity index (χ4n) is 1.55. The summed E-state index contributed by atoms with van der Waals surface area (Å²) in [7, 11) is 0. The lowest BCUT2D eigenvalue weighted by molar-refractivity contribution is -0.139. The van der Waals surface area contributed by atoms with Gasteiger partial charge >= 0.3 is 6.18 Å². The molecule has 0 unspecified atom stereocenters. The standard InChI is InChI=1S/C10H8BrF3O/c11-7-1-2-8(6-4-15-5-6)9(3-7)10(12,13)14/h1-3,6H,4-5H2. The van der Waals surface area contributed by atoms with Crippen LogP contribution in [0, 0.1) is 0 Å². The van der Waals surface area contributed by atoms with Gasteiger partial charge in [0.2, 0.25) is 0 Å². The third-order valence-electron chi connectivity index (χ3n) is 2.40. The van der Waals surface area contributed by atoms with Crippen molar-refractivity contribution in [3.8, 4) is 0 Å². The van der Waals surface area contributed by atoms with E-state index in [1.165, 1.54) is 6.07 Å². The van der Waals surface area contributed by atoms with Gasteiger partial charge in [-0.1, -0.05) is 22.0 Å². The van der Waals surface area contributed by atoms with Crippen LogP contribution in [0.1, 0.15) is 17.0 Å². The molecule has 1 aromatic carbocycles. The Morgan fingerprint density at radius 2 is 1.93 bits per heavy atom. The largest absolute Gasteiger partial charge is 0.416 e. The molecule has 0 saturated carbocycles. The summed E-state index contributed by atoms with van der Waals surface area (Å²) in [5, 5.41) is 0. The minimum Gasteiger partial charge on any atom is -0.380 e. The van der Waals surface area contributed by atoms with Gasteiger partial charge < -0.3 is 4.74 Å². The molecular weight excluding hydrogens is 273 g/mol. The molecular formula is C10H8BrF3O. The molecule has 0 aliphatic carbocycles. The van der Waals surface area contributed by atoms with E-state index in [1.807, 2.05) is 0 Å². The second-order valence-electron chi connectivity index (χ2n) is 3.46. The van der Waals surface area contributed by atoms with Crippen molar-refractivity contribution in [3.63, 3.8) is 0 Å². The molecule has 15 heavy (non-hydrogen) atoms. The van der Waals surface area contributed by atoms with Crippen LogP contribution in [-0.2, 0) is 10.9 Å². The molecule has 0 aromatic heterocycles. The highest BCUT2D eigenvalue weighted by Gasteiger charge is 2.37. The van der Waals surface area contributed by atoms with Crippen molar-refractivity contribution < 1.29 is 17.9 Å². The Bertz CT molecular complexity index is 371. The van der Waals surface area contributed by atoms with E-state index in [2.05, 4.69) is 15.9 Å². The first-order valence-electron chi connectivity index (χ1n) is 4.43. The summed E-state index contributed by atoms with van der Waals surface area (Å²) in [6.45, 7) is 0.759. The maximum Gasteiger partial charge on any atom is 0.416 e. The summed E-state index contributed by atoms with van der Waals surface area (Å²) in [4.78, 5) is 0. The lowest BCUT2D eigenvalue weighted by Gasteiger charge is -2.28. The average Bonchev–Trinajstić information content (AvgIpc) is 2.03. The molecule has 2 rings (SSSR count). The average molecular weight is 281 g/mol. The van der Waals surface area contributed by atoms with Crippen molar-refractivity contribution >= 4 is 15.9 Å². The predicted molar refractivity (Wildman–Crippen MR) is 52.7 cm³/mol. The number of halogens is 4. The van der Waals surface area contributed by atoms with Crippen LogP contribution in [0.3, 0.4) is 0 Å². The molecule has 1 aromatic rings. The number of benzene rings is 1. The van der Waals surface area contributed by atoms with Crippen LogP contribution < -0.4 is 0 Å². The van der Waals surface area contributed by atoms with Gasteiger partial charge in [-0.2, -0.15) is 13.2 Å². The third kappa shape index (κ3) is 2.18. The number of ether oxygens (including phenoxy) is 1. The summed E-state index contributed by atoms with van der Waals surface area (Å²) in [5.74, 6) is -0.116. The van der Waals surface area contributed by atoms with Crippen LogP contribution in [0.25, 0.3) is 0 Å². The van der Waals surface area contributed by atoms with Crippen LogP contribution in [0.15, 0.2) is 22.7 Å². The molecule has 1 saturated heterocycles. The van der Waals surface area contributed by atoms with Gasteiger partial charge in [-0.25, -0.2) is 0 Å². The Hall–Kier alpha value is -0.550. The van der Waals surface area contributed by atoms with Crippen LogP contribution in [0.5, 0.6) is 0 Å². The Labute approximate surface area is 93.4 Å². The van der Waals surface area contributed by atoms with Crippen molar-refractivity contribution in [2.45, 2.75) is 12.1 Å². The van der Waals surface area contributed by atoms with E-state index in [1.54, 1.807) is 6.07 Å². The van der Waals surface area contributed by atoms with E-state index in [0.29, 0.717) is 23.2 Å². The summed E-state index contributed by atoms with van der Waals surface area (Å²) >= 11 is 3.05. The van der Waals surface area contributed by atoms with E-state index >= 15 is 0 Å². The van der Waals surface area contributed by atoms with Gasteiger partial charge in [0.25, 0.3) is 0 Å². The number of hydrogen-bond acceptors (Lipinski definition) is 1. The highest BCUT2D eigenvalue weighted by molar-refractivity contribution is 9.10. The zero-order valence-electron chi connectivity index (χ0n) is 7.64. The van der Waals surface area contributed by atoms with Crippen molar-refractivity contribution in [1.82, 2.24) is 0 Å². The second-order valence-corrected chi connectivity index (χ2v) is 4.38. The van der Waals surface area contributed by atoms with Crippen molar-refractivity contribution in [3.05, 3.63) is 33.8 Å². The summed E-state index contributed by atoms with van der Waals surface area (Å²) < 4.78 is 43.4. The molecule has 0 N–H and O–H groups in total. The Kier molecular flexibility index (Phi) is 2.77. The molecule has 1 aliphatic heterocycles. The minimum absolute atomic E-state index is 0.116. The van der Waals surface area contributed by atoms with E-state index in [4.69, 9.17) is 4.74 Å². The molecule has 82 valence electrons. The van der Waals surface area contributed by atoms with Gasteiger partial charge in [0.05, 0.1) is 18.8 Å². The highest BCUT2D eigenvalue weighted by Crippen LogP contribution is 2.38. The first-order chi connectivity index (χ1) is 6.98. The van der Waals surface area contributed by atoms with E-state index in [9.17, 15) is 13.2 Å². The second kappa shape index (κ2) is 3.79. The van der Waals surface area contributed by atoms with E-state index in [-0.39, 0.29) is 5.92 Å². The number of hydrogen-bond donors (Lipinski definition) is 0. The monoisotopic (exact) mass is 280 g/mol. The molecule has 1 heterocycles. The van der Waals surface area contributed by atoms with Crippen LogP contribution >= 0.6 is 15.9 Å². The zero-order chi connectivity index (χ0) is 11.1. The van der Waals surface area contributed by atoms with Gasteiger partial charge in [-0.05, 0) is 17.7 Å². The molecule has 0 radical (unpaired) electrons. The normalized spacial score (nSPS) is 17.6. The lowest BCUT2D eigenvalue weighted by Crippen LogP contribution is -2.27. The van der Waals surface area contributed by atoms with Gasteiger partial charge in [0, 0.05) is 10.4 Å². The van der Waals surface area contributed by atoms with Gasteiger partial charge in [0.15, 0.2) is 0 Å². The fraction of sp³-hybridized carbons (Fsp3) is 0.400. The van der Waals surface area contributed by atoms with Crippen molar-refractivity contribution in [1.29, 1.82) is 0 Å². The van der Waals surface area contributed by atoms with E-state index in [0.717, 1.165) is 6.07 Å². The zero-order valence-corrected chi connectivity index (χ0v) is 9.23. The van der Waals surface area contributed by atoms with Crippen LogP contribution in [-0.4, -0.2) is 13.2 Å². The smallest absolute Gasteiger partial charge is 0.380 e. The van der Waals surface area contributed by atoms with Crippen LogP contribution in [0.4, 0.5) is 13.2 Å². The highest BCUT2D eigenvalue weighted by atomic mass is 79.9. The Balaban J connectivity index is 2.44. The topological polar surface area (TPSA) is 9.23 Å². The molecule has 5 heteroatoms. The van der Waals surface area contributed by atoms with Gasteiger partial charge in [-0.15, -0.1) is 0 Å². The number of alkyl halides is 3. The SMILES string of the molecule is FC(F)(F)c1cc(Br)ccc1C1COC1. The van der Waals surface area contributed by atoms with E-state index < -0.39 is 11.7 Å². The van der Waals surface area contributed by atoms with Gasteiger partial charge in [0.1, 0.15) is 0 Å². The first kappa shape index (κ1) is 11.0. The maximum absolute atomic E-state index is 12.7. The minimum atomic E-state index is -4.30. The third-order valence-corrected chi connectivity index (χ3v) is 2.89. The summed E-state index contributed by atoms with van der Waals surface area (Å²) in [6.07, 6.45) is -4.30. The predicted octanol–water partition coefficient (Wildman–Crippen LogP) is 3.58. The summed E-state index contributed by atoms with van der Waals surface area (Å²) in [5.41, 5.74) is -0.234. The molecule has 0 spiro atoms. The van der Waals surface area contributed by atoms with Gasteiger partial charge in [-0.3, -0.25) is 0 Å². The Morgan fingerprint density at radius 3 is 2.40 bits per heavy atom. The Morgan fingerprint density at radius 1 is 1.27 bits per heavy atom. The van der Waals surface area contributed by atoms with Crippen molar-refractivity contribution in [2.24, 2.45) is 0 Å². The molecule has 0 amide bonds. The molecule has 1 aliphatic rings. The first-order valence-corrected chi connectivity index (χ1v) is 5.22. The fourth-order valence-corrected chi connectivity index (χ4v) is 1.91. The quantitative estimate of drug-likeness (QED) is 0.764. The maximum atomic E-state index is 12.7. The molecule has 0 atom stereocenters. The molecule has 1 nitrogen and oxygen atoms in total. The number of rotatable bonds is 1. The molecule has 1 fully saturated rings. The summed E-state index contributed by atoms with van der Waals surface area (Å²) in [6, 6.07) is 4.26. The lowest BCUT2D eigenvalue weighted by atomic mass is 9.92. The van der Waals surface area contributed by atoms with Crippen LogP contribution in [0.2, 0.25) is 0 Å². The molecule has 0 bridgehead atoms. The van der Waals surface area contributed by atoms with Crippen molar-refractivity contribution in [2.75, 3.05) is 13.2 Å².